The highest BCUT2D eigenvalue weighted by Crippen LogP contribution is 2.19. The van der Waals surface area contributed by atoms with Crippen molar-refractivity contribution in [2.75, 3.05) is 26.2 Å². The van der Waals surface area contributed by atoms with E-state index in [-0.39, 0.29) is 0 Å². The molecule has 1 aliphatic heterocycles. The molecule has 2 rings (SSSR count). The maximum atomic E-state index is 8.81. The Morgan fingerprint density at radius 1 is 1.12 bits per heavy atom. The summed E-state index contributed by atoms with van der Waals surface area (Å²) in [6, 6.07) is 10.5. The molecule has 0 aromatic heterocycles. The van der Waals surface area contributed by atoms with Crippen LogP contribution in [0.25, 0.3) is 6.08 Å². The summed E-state index contributed by atoms with van der Waals surface area (Å²) in [5, 5.41) is 8.81. The molecule has 0 atom stereocenters. The molecule has 1 heterocycles. The number of benzene rings is 1. The number of nitrogens with zero attached hydrogens (tertiary/aromatic N) is 1. The molecule has 2 nitrogen and oxygen atoms in total. The van der Waals surface area contributed by atoms with Gasteiger partial charge in [0.1, 0.15) is 0 Å². The summed E-state index contributed by atoms with van der Waals surface area (Å²) in [5.41, 5.74) is 2.86. The minimum absolute atomic E-state index is 0.309. The number of likely N-dealkylation sites (tertiary alicyclic amines) is 1. The smallest absolute Gasteiger partial charge is 0.0443 e. The first-order chi connectivity index (χ1) is 8.38. The molecular weight excluding hydrogens is 210 g/mol. The van der Waals surface area contributed by atoms with E-state index in [4.69, 9.17) is 5.11 Å². The Morgan fingerprint density at radius 2 is 1.82 bits per heavy atom. The summed E-state index contributed by atoms with van der Waals surface area (Å²) >= 11 is 0. The van der Waals surface area contributed by atoms with Crippen molar-refractivity contribution >= 4 is 6.08 Å². The molecule has 0 spiro atoms. The summed E-state index contributed by atoms with van der Waals surface area (Å²) in [6.07, 6.45) is 5.56. The molecule has 0 aliphatic carbocycles. The van der Waals surface area contributed by atoms with Crippen molar-refractivity contribution in [3.05, 3.63) is 41.5 Å². The van der Waals surface area contributed by atoms with Crippen LogP contribution in [0.1, 0.15) is 24.8 Å². The number of hydrogen-bond acceptors (Lipinski definition) is 2. The zero-order valence-corrected chi connectivity index (χ0v) is 10.3. The van der Waals surface area contributed by atoms with E-state index in [9.17, 15) is 0 Å². The molecule has 0 unspecified atom stereocenters. The average molecular weight is 231 g/mol. The highest BCUT2D eigenvalue weighted by Gasteiger charge is 2.12. The first-order valence-corrected chi connectivity index (χ1v) is 6.46. The lowest BCUT2D eigenvalue weighted by atomic mass is 10.0. The number of hydrogen-bond donors (Lipinski definition) is 1. The van der Waals surface area contributed by atoms with Gasteiger partial charge in [0, 0.05) is 26.2 Å². The molecular formula is C15H21NO. The molecule has 2 heteroatoms. The lowest BCUT2D eigenvalue weighted by Gasteiger charge is -2.28. The molecule has 17 heavy (non-hydrogen) atoms. The zero-order valence-electron chi connectivity index (χ0n) is 10.3. The van der Waals surface area contributed by atoms with Gasteiger partial charge in [0.05, 0.1) is 0 Å². The van der Waals surface area contributed by atoms with Crippen LogP contribution < -0.4 is 0 Å². The second-order valence-corrected chi connectivity index (χ2v) is 4.63. The van der Waals surface area contributed by atoms with Crippen LogP contribution in [0.5, 0.6) is 0 Å². The van der Waals surface area contributed by atoms with Crippen molar-refractivity contribution in [1.29, 1.82) is 0 Å². The van der Waals surface area contributed by atoms with E-state index in [2.05, 4.69) is 41.3 Å². The second kappa shape index (κ2) is 6.58. The minimum atomic E-state index is 0.309. The van der Waals surface area contributed by atoms with Gasteiger partial charge in [-0.1, -0.05) is 42.0 Å². The van der Waals surface area contributed by atoms with Crippen LogP contribution >= 0.6 is 0 Å². The van der Waals surface area contributed by atoms with Gasteiger partial charge in [-0.2, -0.15) is 0 Å². The van der Waals surface area contributed by atoms with E-state index in [0.29, 0.717) is 6.61 Å². The highest BCUT2D eigenvalue weighted by atomic mass is 16.3. The second-order valence-electron chi connectivity index (χ2n) is 4.63. The van der Waals surface area contributed by atoms with E-state index < -0.39 is 0 Å². The number of piperidine rings is 1. The summed E-state index contributed by atoms with van der Waals surface area (Å²) in [4.78, 5) is 2.44. The molecule has 1 aromatic carbocycles. The van der Waals surface area contributed by atoms with Crippen LogP contribution in [0.2, 0.25) is 0 Å². The maximum absolute atomic E-state index is 8.81. The van der Waals surface area contributed by atoms with Crippen LogP contribution in [0.3, 0.4) is 0 Å². The maximum Gasteiger partial charge on any atom is 0.0443 e. The quantitative estimate of drug-likeness (QED) is 0.861. The lowest BCUT2D eigenvalue weighted by Crippen LogP contribution is -2.31. The Kier molecular flexibility index (Phi) is 4.77. The summed E-state index contributed by atoms with van der Waals surface area (Å²) in [7, 11) is 0. The number of aliphatic hydroxyl groups excluding tert-OH is 1. The van der Waals surface area contributed by atoms with Gasteiger partial charge in [-0.15, -0.1) is 0 Å². The van der Waals surface area contributed by atoms with Crippen LogP contribution in [0.15, 0.2) is 35.9 Å². The molecule has 1 N–H and O–H groups in total. The SMILES string of the molecule is OCCCN1CCC(=Cc2ccccc2)CC1. The molecule has 1 aliphatic rings. The largest absolute Gasteiger partial charge is 0.396 e. The van der Waals surface area contributed by atoms with Gasteiger partial charge in [0.2, 0.25) is 0 Å². The van der Waals surface area contributed by atoms with Gasteiger partial charge in [-0.3, -0.25) is 0 Å². The summed E-state index contributed by atoms with van der Waals surface area (Å²) in [5.74, 6) is 0. The van der Waals surface area contributed by atoms with Crippen molar-refractivity contribution in [1.82, 2.24) is 4.90 Å². The first kappa shape index (κ1) is 12.3. The van der Waals surface area contributed by atoms with Crippen LogP contribution in [-0.2, 0) is 0 Å². The van der Waals surface area contributed by atoms with Crippen molar-refractivity contribution in [2.45, 2.75) is 19.3 Å². The highest BCUT2D eigenvalue weighted by molar-refractivity contribution is 5.52. The van der Waals surface area contributed by atoms with Gasteiger partial charge in [0.25, 0.3) is 0 Å². The number of rotatable bonds is 4. The molecule has 0 amide bonds. The van der Waals surface area contributed by atoms with Crippen LogP contribution in [0, 0.1) is 0 Å². The van der Waals surface area contributed by atoms with E-state index >= 15 is 0 Å². The Labute approximate surface area is 104 Å². The lowest BCUT2D eigenvalue weighted by molar-refractivity contribution is 0.215. The molecule has 0 saturated carbocycles. The van der Waals surface area contributed by atoms with Crippen molar-refractivity contribution in [2.24, 2.45) is 0 Å². The predicted octanol–water partition coefficient (Wildman–Crippen LogP) is 2.55. The average Bonchev–Trinajstić information content (AvgIpc) is 2.39. The van der Waals surface area contributed by atoms with E-state index in [1.807, 2.05) is 0 Å². The van der Waals surface area contributed by atoms with E-state index in [1.54, 1.807) is 5.57 Å². The molecule has 1 fully saturated rings. The van der Waals surface area contributed by atoms with Gasteiger partial charge >= 0.3 is 0 Å². The molecule has 0 radical (unpaired) electrons. The van der Waals surface area contributed by atoms with Gasteiger partial charge in [0.15, 0.2) is 0 Å². The summed E-state index contributed by atoms with van der Waals surface area (Å²) < 4.78 is 0. The molecule has 1 aromatic rings. The van der Waals surface area contributed by atoms with Gasteiger partial charge in [-0.05, 0) is 24.8 Å². The van der Waals surface area contributed by atoms with Gasteiger partial charge in [-0.25, -0.2) is 0 Å². The van der Waals surface area contributed by atoms with E-state index in [1.165, 1.54) is 18.4 Å². The fourth-order valence-corrected chi connectivity index (χ4v) is 2.29. The van der Waals surface area contributed by atoms with Gasteiger partial charge < -0.3 is 10.0 Å². The van der Waals surface area contributed by atoms with Crippen LogP contribution in [-0.4, -0.2) is 36.2 Å². The third kappa shape index (κ3) is 3.99. The zero-order chi connectivity index (χ0) is 11.9. The number of aliphatic hydroxyl groups is 1. The Balaban J connectivity index is 1.84. The first-order valence-electron chi connectivity index (χ1n) is 6.46. The fraction of sp³-hybridized carbons (Fsp3) is 0.467. The Hall–Kier alpha value is -1.12. The Morgan fingerprint density at radius 3 is 2.47 bits per heavy atom. The molecule has 0 bridgehead atoms. The van der Waals surface area contributed by atoms with Crippen LogP contribution in [0.4, 0.5) is 0 Å². The molecule has 92 valence electrons. The topological polar surface area (TPSA) is 23.5 Å². The molecule has 1 saturated heterocycles. The fourth-order valence-electron chi connectivity index (χ4n) is 2.29. The Bertz CT molecular complexity index is 348. The predicted molar refractivity (Wildman–Crippen MR) is 71.8 cm³/mol. The van der Waals surface area contributed by atoms with Crippen molar-refractivity contribution in [3.63, 3.8) is 0 Å². The minimum Gasteiger partial charge on any atom is -0.396 e. The normalized spacial score (nSPS) is 17.1. The third-order valence-electron chi connectivity index (χ3n) is 3.30. The van der Waals surface area contributed by atoms with Crippen molar-refractivity contribution < 1.29 is 5.11 Å². The standard InChI is InChI=1S/C15H21NO/c17-12-4-9-16-10-7-15(8-11-16)13-14-5-2-1-3-6-14/h1-3,5-6,13,17H,4,7-12H2. The monoisotopic (exact) mass is 231 g/mol. The third-order valence-corrected chi connectivity index (χ3v) is 3.30. The van der Waals surface area contributed by atoms with E-state index in [0.717, 1.165) is 26.1 Å². The summed E-state index contributed by atoms with van der Waals surface area (Å²) in [6.45, 7) is 3.62. The van der Waals surface area contributed by atoms with Crippen molar-refractivity contribution in [3.8, 4) is 0 Å².